The zero-order chi connectivity index (χ0) is 12.3. The molecular formula is C13H14FNO2. The Morgan fingerprint density at radius 2 is 2.00 bits per heavy atom. The van der Waals surface area contributed by atoms with Gasteiger partial charge in [0.25, 0.3) is 0 Å². The van der Waals surface area contributed by atoms with Crippen molar-refractivity contribution in [2.75, 3.05) is 13.1 Å². The molecule has 2 rings (SSSR count). The highest BCUT2D eigenvalue weighted by Gasteiger charge is 2.23. The fourth-order valence-electron chi connectivity index (χ4n) is 1.90. The Hall–Kier alpha value is -1.71. The largest absolute Gasteiger partial charge is 0.335 e. The monoisotopic (exact) mass is 235 g/mol. The summed E-state index contributed by atoms with van der Waals surface area (Å²) in [5.74, 6) is -0.148. The van der Waals surface area contributed by atoms with Crippen LogP contribution in [0.5, 0.6) is 0 Å². The minimum Gasteiger partial charge on any atom is -0.335 e. The molecule has 4 heteroatoms. The summed E-state index contributed by atoms with van der Waals surface area (Å²) in [5, 5.41) is 0. The van der Waals surface area contributed by atoms with E-state index in [9.17, 15) is 14.0 Å². The summed E-state index contributed by atoms with van der Waals surface area (Å²) in [7, 11) is 0. The average molecular weight is 235 g/mol. The first kappa shape index (κ1) is 11.8. The summed E-state index contributed by atoms with van der Waals surface area (Å²) in [6.07, 6.45) is 1.44. The molecule has 17 heavy (non-hydrogen) atoms. The van der Waals surface area contributed by atoms with E-state index in [0.29, 0.717) is 25.8 Å². The van der Waals surface area contributed by atoms with Crippen molar-refractivity contribution in [1.82, 2.24) is 4.90 Å². The standard InChI is InChI=1S/C13H14FNO2/c14-11-4-1-10(2-5-11)3-6-13(17)15-8-7-12(16)9-15/h1-2,4-5H,3,6-9H2. The van der Waals surface area contributed by atoms with E-state index in [-0.39, 0.29) is 24.1 Å². The lowest BCUT2D eigenvalue weighted by molar-refractivity contribution is -0.131. The van der Waals surface area contributed by atoms with Crippen LogP contribution in [0.2, 0.25) is 0 Å². The van der Waals surface area contributed by atoms with Crippen LogP contribution < -0.4 is 0 Å². The molecule has 1 aliphatic rings. The Kier molecular flexibility index (Phi) is 3.52. The molecule has 90 valence electrons. The van der Waals surface area contributed by atoms with E-state index in [2.05, 4.69) is 0 Å². The molecule has 0 radical (unpaired) electrons. The molecule has 0 N–H and O–H groups in total. The number of hydrogen-bond acceptors (Lipinski definition) is 2. The van der Waals surface area contributed by atoms with Crippen LogP contribution in [0.25, 0.3) is 0 Å². The summed E-state index contributed by atoms with van der Waals surface area (Å²) in [5.41, 5.74) is 0.935. The number of rotatable bonds is 3. The molecular weight excluding hydrogens is 221 g/mol. The number of hydrogen-bond donors (Lipinski definition) is 0. The summed E-state index contributed by atoms with van der Waals surface area (Å²) >= 11 is 0. The van der Waals surface area contributed by atoms with E-state index in [4.69, 9.17) is 0 Å². The second-order valence-corrected chi connectivity index (χ2v) is 4.23. The number of Topliss-reactive ketones (excluding diaryl/α,β-unsaturated/α-hetero) is 1. The van der Waals surface area contributed by atoms with E-state index < -0.39 is 0 Å². The Bertz CT molecular complexity index is 428. The highest BCUT2D eigenvalue weighted by atomic mass is 19.1. The number of ketones is 1. The number of benzene rings is 1. The number of halogens is 1. The van der Waals surface area contributed by atoms with Gasteiger partial charge in [0, 0.05) is 19.4 Å². The van der Waals surface area contributed by atoms with Crippen molar-refractivity contribution in [3.8, 4) is 0 Å². The van der Waals surface area contributed by atoms with Gasteiger partial charge in [0.05, 0.1) is 6.54 Å². The second kappa shape index (κ2) is 5.08. The van der Waals surface area contributed by atoms with Crippen molar-refractivity contribution in [1.29, 1.82) is 0 Å². The van der Waals surface area contributed by atoms with Crippen molar-refractivity contribution >= 4 is 11.7 Å². The molecule has 1 aromatic carbocycles. The quantitative estimate of drug-likeness (QED) is 0.797. The van der Waals surface area contributed by atoms with E-state index in [1.165, 1.54) is 12.1 Å². The first-order chi connectivity index (χ1) is 8.15. The van der Waals surface area contributed by atoms with Crippen LogP contribution in [0, 0.1) is 5.82 Å². The predicted molar refractivity (Wildman–Crippen MR) is 60.9 cm³/mol. The van der Waals surface area contributed by atoms with Gasteiger partial charge in [0.2, 0.25) is 5.91 Å². The van der Waals surface area contributed by atoms with Crippen LogP contribution in [0.1, 0.15) is 18.4 Å². The lowest BCUT2D eigenvalue weighted by Gasteiger charge is -2.13. The van der Waals surface area contributed by atoms with Crippen LogP contribution in [0.3, 0.4) is 0 Å². The molecule has 1 amide bonds. The van der Waals surface area contributed by atoms with E-state index in [1.54, 1.807) is 17.0 Å². The van der Waals surface area contributed by atoms with Gasteiger partial charge in [-0.3, -0.25) is 9.59 Å². The third-order valence-electron chi connectivity index (χ3n) is 2.92. The maximum atomic E-state index is 12.7. The van der Waals surface area contributed by atoms with Gasteiger partial charge in [-0.15, -0.1) is 0 Å². The highest BCUT2D eigenvalue weighted by Crippen LogP contribution is 2.10. The van der Waals surface area contributed by atoms with Gasteiger partial charge in [-0.05, 0) is 24.1 Å². The Morgan fingerprint density at radius 1 is 1.29 bits per heavy atom. The van der Waals surface area contributed by atoms with Crippen LogP contribution in [-0.4, -0.2) is 29.7 Å². The van der Waals surface area contributed by atoms with Crippen LogP contribution in [-0.2, 0) is 16.0 Å². The van der Waals surface area contributed by atoms with Crippen molar-refractivity contribution in [3.63, 3.8) is 0 Å². The number of aryl methyl sites for hydroxylation is 1. The molecule has 1 saturated heterocycles. The van der Waals surface area contributed by atoms with E-state index in [1.807, 2.05) is 0 Å². The molecule has 0 bridgehead atoms. The zero-order valence-corrected chi connectivity index (χ0v) is 9.49. The topological polar surface area (TPSA) is 37.4 Å². The van der Waals surface area contributed by atoms with Crippen molar-refractivity contribution in [2.45, 2.75) is 19.3 Å². The van der Waals surface area contributed by atoms with Gasteiger partial charge < -0.3 is 4.90 Å². The Balaban J connectivity index is 1.84. The van der Waals surface area contributed by atoms with Crippen molar-refractivity contribution < 1.29 is 14.0 Å². The molecule has 0 spiro atoms. The van der Waals surface area contributed by atoms with E-state index in [0.717, 1.165) is 5.56 Å². The lowest BCUT2D eigenvalue weighted by atomic mass is 10.1. The second-order valence-electron chi connectivity index (χ2n) is 4.23. The van der Waals surface area contributed by atoms with Crippen LogP contribution >= 0.6 is 0 Å². The molecule has 0 aromatic heterocycles. The normalized spacial score (nSPS) is 15.4. The number of carbonyl (C=O) groups is 2. The first-order valence-electron chi connectivity index (χ1n) is 5.69. The van der Waals surface area contributed by atoms with Gasteiger partial charge >= 0.3 is 0 Å². The third-order valence-corrected chi connectivity index (χ3v) is 2.92. The van der Waals surface area contributed by atoms with Gasteiger partial charge in [-0.25, -0.2) is 4.39 Å². The first-order valence-corrected chi connectivity index (χ1v) is 5.69. The van der Waals surface area contributed by atoms with Gasteiger partial charge in [-0.2, -0.15) is 0 Å². The number of likely N-dealkylation sites (tertiary alicyclic amines) is 1. The molecule has 0 atom stereocenters. The molecule has 3 nitrogen and oxygen atoms in total. The molecule has 1 fully saturated rings. The molecule has 1 heterocycles. The summed E-state index contributed by atoms with van der Waals surface area (Å²) < 4.78 is 12.7. The van der Waals surface area contributed by atoms with Crippen molar-refractivity contribution in [3.05, 3.63) is 35.6 Å². The van der Waals surface area contributed by atoms with E-state index >= 15 is 0 Å². The minimum atomic E-state index is -0.273. The smallest absolute Gasteiger partial charge is 0.223 e. The lowest BCUT2D eigenvalue weighted by Crippen LogP contribution is -2.28. The SMILES string of the molecule is O=C1CCN(C(=O)CCc2ccc(F)cc2)C1. The predicted octanol–water partition coefficient (Wildman–Crippen LogP) is 1.56. The average Bonchev–Trinajstić information content (AvgIpc) is 2.75. The van der Waals surface area contributed by atoms with Crippen LogP contribution in [0.15, 0.2) is 24.3 Å². The molecule has 1 aromatic rings. The third kappa shape index (κ3) is 3.12. The molecule has 0 aliphatic carbocycles. The van der Waals surface area contributed by atoms with Gasteiger partial charge in [0.1, 0.15) is 5.82 Å². The van der Waals surface area contributed by atoms with Gasteiger partial charge in [0.15, 0.2) is 5.78 Å². The van der Waals surface area contributed by atoms with Gasteiger partial charge in [-0.1, -0.05) is 12.1 Å². The number of amides is 1. The fourth-order valence-corrected chi connectivity index (χ4v) is 1.90. The Labute approximate surface area is 99.2 Å². The molecule has 0 unspecified atom stereocenters. The van der Waals surface area contributed by atoms with Crippen LogP contribution in [0.4, 0.5) is 4.39 Å². The Morgan fingerprint density at radius 3 is 2.59 bits per heavy atom. The summed E-state index contributed by atoms with van der Waals surface area (Å²) in [6, 6.07) is 6.13. The summed E-state index contributed by atoms with van der Waals surface area (Å²) in [6.45, 7) is 0.795. The number of nitrogens with zero attached hydrogens (tertiary/aromatic N) is 1. The molecule has 0 saturated carbocycles. The zero-order valence-electron chi connectivity index (χ0n) is 9.49. The fraction of sp³-hybridized carbons (Fsp3) is 0.385. The minimum absolute atomic E-state index is 0.000162. The highest BCUT2D eigenvalue weighted by molar-refractivity contribution is 5.89. The maximum absolute atomic E-state index is 12.7. The summed E-state index contributed by atoms with van der Waals surface area (Å²) in [4.78, 5) is 24.4. The van der Waals surface area contributed by atoms with Crippen molar-refractivity contribution in [2.24, 2.45) is 0 Å². The molecule has 1 aliphatic heterocycles. The maximum Gasteiger partial charge on any atom is 0.223 e. The number of carbonyl (C=O) groups excluding carboxylic acids is 2.